The molecule has 1 unspecified atom stereocenters. The number of nitrogens with one attached hydrogen (secondary N) is 2. The van der Waals surface area contributed by atoms with Gasteiger partial charge in [0.1, 0.15) is 5.75 Å². The largest absolute Gasteiger partial charge is 0.481 e. The van der Waals surface area contributed by atoms with Crippen LogP contribution in [0.2, 0.25) is 0 Å². The number of ether oxygens (including phenoxy) is 1. The van der Waals surface area contributed by atoms with Crippen LogP contribution in [0, 0.1) is 0 Å². The van der Waals surface area contributed by atoms with Crippen molar-refractivity contribution in [1.29, 1.82) is 0 Å². The summed E-state index contributed by atoms with van der Waals surface area (Å²) in [6, 6.07) is 25.0. The first-order valence-corrected chi connectivity index (χ1v) is 11.6. The van der Waals surface area contributed by atoms with Crippen LogP contribution in [0.4, 0.5) is 5.69 Å². The van der Waals surface area contributed by atoms with Gasteiger partial charge in [0.05, 0.1) is 0 Å². The summed E-state index contributed by atoms with van der Waals surface area (Å²) in [5.74, 6) is 0.323. The number of rotatable bonds is 7. The predicted molar refractivity (Wildman–Crippen MR) is 131 cm³/mol. The minimum Gasteiger partial charge on any atom is -0.481 e. The average molecular weight is 443 g/mol. The summed E-state index contributed by atoms with van der Waals surface area (Å²) < 4.78 is 5.81. The predicted octanol–water partition coefficient (Wildman–Crippen LogP) is 5.82. The molecule has 2 amide bonds. The highest BCUT2D eigenvalue weighted by Crippen LogP contribution is 2.23. The molecule has 1 saturated carbocycles. The molecule has 5 nitrogen and oxygen atoms in total. The van der Waals surface area contributed by atoms with Crippen molar-refractivity contribution in [3.63, 3.8) is 0 Å². The van der Waals surface area contributed by atoms with E-state index in [1.807, 2.05) is 42.5 Å². The van der Waals surface area contributed by atoms with Gasteiger partial charge in [-0.3, -0.25) is 9.59 Å². The van der Waals surface area contributed by atoms with Gasteiger partial charge in [-0.05, 0) is 67.3 Å². The fraction of sp³-hybridized carbons (Fsp3) is 0.286. The number of anilines is 1. The van der Waals surface area contributed by atoms with Crippen molar-refractivity contribution in [2.24, 2.45) is 0 Å². The molecule has 1 aliphatic carbocycles. The van der Waals surface area contributed by atoms with Crippen LogP contribution in [-0.4, -0.2) is 24.0 Å². The maximum absolute atomic E-state index is 12.6. The van der Waals surface area contributed by atoms with E-state index in [9.17, 15) is 9.59 Å². The van der Waals surface area contributed by atoms with Crippen LogP contribution in [0.25, 0.3) is 11.1 Å². The molecule has 0 radical (unpaired) electrons. The Balaban J connectivity index is 1.29. The highest BCUT2D eigenvalue weighted by molar-refractivity contribution is 5.97. The van der Waals surface area contributed by atoms with Gasteiger partial charge in [-0.1, -0.05) is 61.7 Å². The van der Waals surface area contributed by atoms with Crippen LogP contribution < -0.4 is 15.4 Å². The van der Waals surface area contributed by atoms with E-state index in [2.05, 4.69) is 22.8 Å². The molecule has 0 saturated heterocycles. The molecule has 1 fully saturated rings. The second-order valence-electron chi connectivity index (χ2n) is 8.53. The fourth-order valence-corrected chi connectivity index (χ4v) is 4.08. The summed E-state index contributed by atoms with van der Waals surface area (Å²) in [6.45, 7) is 1.71. The molecule has 1 aliphatic rings. The zero-order chi connectivity index (χ0) is 23.0. The van der Waals surface area contributed by atoms with Gasteiger partial charge in [-0.15, -0.1) is 0 Å². The molecule has 3 aromatic rings. The Kier molecular flexibility index (Phi) is 7.40. The van der Waals surface area contributed by atoms with Gasteiger partial charge in [-0.25, -0.2) is 0 Å². The van der Waals surface area contributed by atoms with Gasteiger partial charge in [0, 0.05) is 17.3 Å². The van der Waals surface area contributed by atoms with Crippen LogP contribution >= 0.6 is 0 Å². The van der Waals surface area contributed by atoms with Gasteiger partial charge in [0.25, 0.3) is 11.8 Å². The lowest BCUT2D eigenvalue weighted by Gasteiger charge is -2.22. The lowest BCUT2D eigenvalue weighted by atomic mass is 9.95. The Labute approximate surface area is 195 Å². The molecular weight excluding hydrogens is 412 g/mol. The summed E-state index contributed by atoms with van der Waals surface area (Å²) in [6.07, 6.45) is 5.03. The Hall–Kier alpha value is -3.60. The van der Waals surface area contributed by atoms with E-state index in [0.29, 0.717) is 17.0 Å². The Morgan fingerprint density at radius 3 is 2.12 bits per heavy atom. The number of hydrogen-bond donors (Lipinski definition) is 2. The van der Waals surface area contributed by atoms with E-state index in [0.717, 1.165) is 24.0 Å². The Morgan fingerprint density at radius 1 is 0.818 bits per heavy atom. The highest BCUT2D eigenvalue weighted by Gasteiger charge is 2.18. The van der Waals surface area contributed by atoms with Crippen molar-refractivity contribution in [3.05, 3.63) is 84.4 Å². The van der Waals surface area contributed by atoms with Gasteiger partial charge in [-0.2, -0.15) is 0 Å². The third kappa shape index (κ3) is 6.22. The molecule has 0 aliphatic heterocycles. The topological polar surface area (TPSA) is 67.4 Å². The number of carbonyl (C=O) groups excluding carboxylic acids is 2. The monoisotopic (exact) mass is 442 g/mol. The van der Waals surface area contributed by atoms with E-state index < -0.39 is 6.10 Å². The van der Waals surface area contributed by atoms with Crippen molar-refractivity contribution >= 4 is 17.5 Å². The van der Waals surface area contributed by atoms with E-state index >= 15 is 0 Å². The zero-order valence-electron chi connectivity index (χ0n) is 18.9. The van der Waals surface area contributed by atoms with Crippen LogP contribution in [0.15, 0.2) is 78.9 Å². The summed E-state index contributed by atoms with van der Waals surface area (Å²) >= 11 is 0. The summed E-state index contributed by atoms with van der Waals surface area (Å²) in [7, 11) is 0. The summed E-state index contributed by atoms with van der Waals surface area (Å²) in [4.78, 5) is 25.0. The molecule has 2 N–H and O–H groups in total. The lowest BCUT2D eigenvalue weighted by molar-refractivity contribution is -0.122. The summed E-state index contributed by atoms with van der Waals surface area (Å²) in [5.41, 5.74) is 3.45. The molecule has 0 heterocycles. The van der Waals surface area contributed by atoms with Crippen molar-refractivity contribution in [2.75, 3.05) is 5.32 Å². The normalized spacial score (nSPS) is 14.8. The minimum absolute atomic E-state index is 0.0598. The van der Waals surface area contributed by atoms with Crippen molar-refractivity contribution < 1.29 is 14.3 Å². The first kappa shape index (κ1) is 22.6. The molecule has 3 aromatic carbocycles. The maximum Gasteiger partial charge on any atom is 0.265 e. The molecule has 0 bridgehead atoms. The van der Waals surface area contributed by atoms with Gasteiger partial charge in [0.2, 0.25) is 0 Å². The molecule has 5 heteroatoms. The second-order valence-corrected chi connectivity index (χ2v) is 8.53. The van der Waals surface area contributed by atoms with Gasteiger partial charge < -0.3 is 15.4 Å². The van der Waals surface area contributed by atoms with E-state index in [-0.39, 0.29) is 17.9 Å². The summed E-state index contributed by atoms with van der Waals surface area (Å²) in [5, 5.41) is 5.96. The van der Waals surface area contributed by atoms with E-state index in [1.54, 1.807) is 31.2 Å². The number of carbonyl (C=O) groups is 2. The first-order valence-electron chi connectivity index (χ1n) is 11.6. The minimum atomic E-state index is -0.665. The zero-order valence-corrected chi connectivity index (χ0v) is 18.9. The standard InChI is InChI=1S/C28H30N2O3/c1-20(33-26-18-14-22(15-19-26)21-8-4-2-5-9-21)27(31)29-25-16-12-23(13-17-25)28(32)30-24-10-6-3-7-11-24/h2,4-5,8-9,12-20,24H,3,6-7,10-11H2,1H3,(H,29,31)(H,30,32). The molecule has 0 aromatic heterocycles. The second kappa shape index (κ2) is 10.8. The van der Waals surface area contributed by atoms with Crippen molar-refractivity contribution in [3.8, 4) is 16.9 Å². The molecule has 33 heavy (non-hydrogen) atoms. The van der Waals surface area contributed by atoms with Crippen LogP contribution in [0.3, 0.4) is 0 Å². The Bertz CT molecular complexity index is 1060. The third-order valence-electron chi connectivity index (χ3n) is 6.00. The Morgan fingerprint density at radius 2 is 1.45 bits per heavy atom. The van der Waals surface area contributed by atoms with Gasteiger partial charge in [0.15, 0.2) is 6.10 Å². The van der Waals surface area contributed by atoms with Gasteiger partial charge >= 0.3 is 0 Å². The third-order valence-corrected chi connectivity index (χ3v) is 6.00. The quantitative estimate of drug-likeness (QED) is 0.484. The molecule has 1 atom stereocenters. The number of benzene rings is 3. The fourth-order valence-electron chi connectivity index (χ4n) is 4.08. The number of hydrogen-bond acceptors (Lipinski definition) is 3. The van der Waals surface area contributed by atoms with E-state index in [4.69, 9.17) is 4.74 Å². The highest BCUT2D eigenvalue weighted by atomic mass is 16.5. The average Bonchev–Trinajstić information content (AvgIpc) is 2.86. The van der Waals surface area contributed by atoms with E-state index in [1.165, 1.54) is 19.3 Å². The van der Waals surface area contributed by atoms with Crippen LogP contribution in [0.1, 0.15) is 49.4 Å². The lowest BCUT2D eigenvalue weighted by Crippen LogP contribution is -2.36. The van der Waals surface area contributed by atoms with Crippen molar-refractivity contribution in [1.82, 2.24) is 5.32 Å². The van der Waals surface area contributed by atoms with Crippen LogP contribution in [-0.2, 0) is 4.79 Å². The molecule has 4 rings (SSSR count). The maximum atomic E-state index is 12.6. The van der Waals surface area contributed by atoms with Crippen LogP contribution in [0.5, 0.6) is 5.75 Å². The molecular formula is C28H30N2O3. The number of amides is 2. The van der Waals surface area contributed by atoms with Crippen molar-refractivity contribution in [2.45, 2.75) is 51.2 Å². The first-order chi connectivity index (χ1) is 16.1. The molecule has 0 spiro atoms. The smallest absolute Gasteiger partial charge is 0.265 e. The SMILES string of the molecule is CC(Oc1ccc(-c2ccccc2)cc1)C(=O)Nc1ccc(C(=O)NC2CCCCC2)cc1. The molecule has 170 valence electrons.